The number of primary amides is 1. The summed E-state index contributed by atoms with van der Waals surface area (Å²) in [6.07, 6.45) is 3.60. The Morgan fingerprint density at radius 3 is 2.52 bits per heavy atom. The smallest absolute Gasteiger partial charge is 0.259 e. The summed E-state index contributed by atoms with van der Waals surface area (Å²) in [7, 11) is 3.37. The number of carbonyl (C=O) groups excluding carboxylic acids is 2. The molecule has 1 heterocycles. The lowest BCUT2D eigenvalue weighted by molar-refractivity contribution is -0.130. The molecule has 0 atom stereocenters. The zero-order chi connectivity index (χ0) is 23.4. The minimum Gasteiger partial charge on any atom is -0.484 e. The van der Waals surface area contributed by atoms with Crippen LogP contribution in [-0.2, 0) is 4.79 Å². The highest BCUT2D eigenvalue weighted by atomic mass is 16.5. The number of amides is 2. The molecule has 0 saturated heterocycles. The Hall–Kier alpha value is -4.07. The molecule has 33 heavy (non-hydrogen) atoms. The first-order valence-electron chi connectivity index (χ1n) is 10.8. The molecule has 0 bridgehead atoms. The lowest BCUT2D eigenvalue weighted by Crippen LogP contribution is -2.27. The number of benzene rings is 2. The molecule has 3 N–H and O–H groups in total. The second kappa shape index (κ2) is 9.60. The Morgan fingerprint density at radius 2 is 1.85 bits per heavy atom. The van der Waals surface area contributed by atoms with E-state index in [1.54, 1.807) is 26.2 Å². The van der Waals surface area contributed by atoms with Gasteiger partial charge in [0, 0.05) is 49.8 Å². The van der Waals surface area contributed by atoms with Crippen LogP contribution in [0.4, 0.5) is 22.9 Å². The molecule has 3 aromatic rings. The average molecular weight is 446 g/mol. The van der Waals surface area contributed by atoms with Crippen molar-refractivity contribution in [2.75, 3.05) is 30.9 Å². The topological polar surface area (TPSA) is 101 Å². The third kappa shape index (κ3) is 5.41. The van der Waals surface area contributed by atoms with Gasteiger partial charge in [-0.25, -0.2) is 4.98 Å². The molecule has 170 valence electrons. The lowest BCUT2D eigenvalue weighted by atomic mass is 10.1. The molecule has 0 spiro atoms. The molecule has 1 aromatic heterocycles. The number of likely N-dealkylation sites (N-methyl/N-ethyl adjacent to an activating group) is 1. The fraction of sp³-hybridized carbons (Fsp3) is 0.240. The number of nitrogens with one attached hydrogen (secondary N) is 1. The number of para-hydroxylation sites is 1. The number of pyridine rings is 1. The van der Waals surface area contributed by atoms with Crippen LogP contribution in [0.15, 0.2) is 66.9 Å². The minimum atomic E-state index is -0.522. The Kier molecular flexibility index (Phi) is 6.44. The Bertz CT molecular complexity index is 1150. The standard InChI is InChI=1S/C25H27N5O3/c1-29(2)24(31)16-33-20-10-6-7-17(13-20)28-23-14-22(21(15-27-23)25(26)32)30(19-11-12-19)18-8-4-3-5-9-18/h3-10,13-15,19H,11-12,16H2,1-2H3,(H2,26,32)(H,27,28). The van der Waals surface area contributed by atoms with Gasteiger partial charge in [-0.3, -0.25) is 9.59 Å². The summed E-state index contributed by atoms with van der Waals surface area (Å²) in [4.78, 5) is 32.0. The van der Waals surface area contributed by atoms with E-state index in [1.807, 2.05) is 48.5 Å². The number of carbonyl (C=O) groups is 2. The van der Waals surface area contributed by atoms with Gasteiger partial charge < -0.3 is 25.6 Å². The van der Waals surface area contributed by atoms with Gasteiger partial charge in [0.25, 0.3) is 11.8 Å². The quantitative estimate of drug-likeness (QED) is 0.521. The predicted molar refractivity (Wildman–Crippen MR) is 128 cm³/mol. The largest absolute Gasteiger partial charge is 0.484 e. The molecular weight excluding hydrogens is 418 g/mol. The molecule has 8 nitrogen and oxygen atoms in total. The minimum absolute atomic E-state index is 0.0421. The van der Waals surface area contributed by atoms with Crippen molar-refractivity contribution in [2.24, 2.45) is 5.73 Å². The maximum atomic E-state index is 12.2. The number of ether oxygens (including phenoxy) is 1. The highest BCUT2D eigenvalue weighted by Crippen LogP contribution is 2.40. The molecule has 4 rings (SSSR count). The van der Waals surface area contributed by atoms with Crippen LogP contribution in [-0.4, -0.2) is 48.4 Å². The van der Waals surface area contributed by atoms with E-state index in [-0.39, 0.29) is 12.5 Å². The lowest BCUT2D eigenvalue weighted by Gasteiger charge is -2.27. The molecule has 0 unspecified atom stereocenters. The maximum absolute atomic E-state index is 12.2. The first kappa shape index (κ1) is 22.1. The third-order valence-corrected chi connectivity index (χ3v) is 5.32. The second-order valence-electron chi connectivity index (χ2n) is 8.12. The fourth-order valence-electron chi connectivity index (χ4n) is 3.46. The molecule has 8 heteroatoms. The Labute approximate surface area is 193 Å². The van der Waals surface area contributed by atoms with E-state index in [2.05, 4.69) is 15.2 Å². The monoisotopic (exact) mass is 445 g/mol. The van der Waals surface area contributed by atoms with E-state index in [4.69, 9.17) is 10.5 Å². The van der Waals surface area contributed by atoms with Crippen LogP contribution in [0.25, 0.3) is 0 Å². The summed E-state index contributed by atoms with van der Waals surface area (Å²) in [5, 5.41) is 3.26. The molecule has 0 radical (unpaired) electrons. The Balaban J connectivity index is 1.60. The molecule has 1 fully saturated rings. The van der Waals surface area contributed by atoms with Crippen LogP contribution in [0.5, 0.6) is 5.75 Å². The van der Waals surface area contributed by atoms with Crippen molar-refractivity contribution < 1.29 is 14.3 Å². The SMILES string of the molecule is CN(C)C(=O)COc1cccc(Nc2cc(N(c3ccccc3)C3CC3)c(C(N)=O)cn2)c1. The molecule has 1 saturated carbocycles. The molecule has 0 aliphatic heterocycles. The number of aromatic nitrogens is 1. The first-order valence-corrected chi connectivity index (χ1v) is 10.8. The highest BCUT2D eigenvalue weighted by molar-refractivity contribution is 6.00. The molecule has 2 aromatic carbocycles. The number of hydrogen-bond acceptors (Lipinski definition) is 6. The van der Waals surface area contributed by atoms with Gasteiger partial charge >= 0.3 is 0 Å². The van der Waals surface area contributed by atoms with Crippen molar-refractivity contribution in [1.82, 2.24) is 9.88 Å². The van der Waals surface area contributed by atoms with Gasteiger partial charge in [0.2, 0.25) is 0 Å². The van der Waals surface area contributed by atoms with Gasteiger partial charge in [0.1, 0.15) is 11.6 Å². The van der Waals surface area contributed by atoms with Gasteiger partial charge in [-0.15, -0.1) is 0 Å². The molecule has 2 amide bonds. The summed E-state index contributed by atoms with van der Waals surface area (Å²) in [6.45, 7) is -0.0421. The van der Waals surface area contributed by atoms with Crippen LogP contribution < -0.4 is 20.7 Å². The zero-order valence-electron chi connectivity index (χ0n) is 18.7. The van der Waals surface area contributed by atoms with Crippen LogP contribution in [0.2, 0.25) is 0 Å². The van der Waals surface area contributed by atoms with E-state index in [1.165, 1.54) is 11.1 Å². The van der Waals surface area contributed by atoms with E-state index in [0.717, 1.165) is 29.9 Å². The second-order valence-corrected chi connectivity index (χ2v) is 8.12. The van der Waals surface area contributed by atoms with Crippen LogP contribution >= 0.6 is 0 Å². The number of hydrogen-bond donors (Lipinski definition) is 2. The highest BCUT2D eigenvalue weighted by Gasteiger charge is 2.32. The predicted octanol–water partition coefficient (Wildman–Crippen LogP) is 3.69. The van der Waals surface area contributed by atoms with Gasteiger partial charge in [0.15, 0.2) is 6.61 Å². The normalized spacial score (nSPS) is 12.7. The number of anilines is 4. The summed E-state index contributed by atoms with van der Waals surface area (Å²) < 4.78 is 5.60. The van der Waals surface area contributed by atoms with Crippen molar-refractivity contribution in [1.29, 1.82) is 0 Å². The average Bonchev–Trinajstić information content (AvgIpc) is 3.64. The summed E-state index contributed by atoms with van der Waals surface area (Å²) in [5.41, 5.74) is 8.51. The number of nitrogens with two attached hydrogens (primary N) is 1. The summed E-state index contributed by atoms with van der Waals surface area (Å²) >= 11 is 0. The van der Waals surface area contributed by atoms with Gasteiger partial charge in [-0.1, -0.05) is 24.3 Å². The molecular formula is C25H27N5O3. The van der Waals surface area contributed by atoms with Crippen molar-refractivity contribution in [3.8, 4) is 5.75 Å². The van der Waals surface area contributed by atoms with Crippen molar-refractivity contribution in [2.45, 2.75) is 18.9 Å². The zero-order valence-corrected chi connectivity index (χ0v) is 18.7. The third-order valence-electron chi connectivity index (χ3n) is 5.32. The fourth-order valence-corrected chi connectivity index (χ4v) is 3.46. The van der Waals surface area contributed by atoms with E-state index < -0.39 is 5.91 Å². The van der Waals surface area contributed by atoms with Gasteiger partial charge in [-0.05, 0) is 37.1 Å². The van der Waals surface area contributed by atoms with Crippen LogP contribution in [0, 0.1) is 0 Å². The Morgan fingerprint density at radius 1 is 1.09 bits per heavy atom. The van der Waals surface area contributed by atoms with Crippen LogP contribution in [0.3, 0.4) is 0 Å². The van der Waals surface area contributed by atoms with E-state index in [9.17, 15) is 9.59 Å². The number of rotatable bonds is 9. The van der Waals surface area contributed by atoms with Gasteiger partial charge in [0.05, 0.1) is 11.3 Å². The van der Waals surface area contributed by atoms with E-state index >= 15 is 0 Å². The molecule has 1 aliphatic carbocycles. The maximum Gasteiger partial charge on any atom is 0.259 e. The number of nitrogens with zero attached hydrogens (tertiary/aromatic N) is 3. The van der Waals surface area contributed by atoms with Crippen LogP contribution in [0.1, 0.15) is 23.2 Å². The van der Waals surface area contributed by atoms with E-state index in [0.29, 0.717) is 23.2 Å². The van der Waals surface area contributed by atoms with Crippen molar-refractivity contribution in [3.05, 3.63) is 72.4 Å². The van der Waals surface area contributed by atoms with Crippen molar-refractivity contribution >= 4 is 34.7 Å². The van der Waals surface area contributed by atoms with Crippen molar-refractivity contribution in [3.63, 3.8) is 0 Å². The van der Waals surface area contributed by atoms with Gasteiger partial charge in [-0.2, -0.15) is 0 Å². The molecule has 1 aliphatic rings. The summed E-state index contributed by atoms with van der Waals surface area (Å²) in [6, 6.07) is 19.4. The summed E-state index contributed by atoms with van der Waals surface area (Å²) in [5.74, 6) is 0.487. The first-order chi connectivity index (χ1) is 15.9.